The molecular weight excluding hydrogens is 466 g/mol. The summed E-state index contributed by atoms with van der Waals surface area (Å²) < 4.78 is 54.9. The summed E-state index contributed by atoms with van der Waals surface area (Å²) in [7, 11) is 0. The lowest BCUT2D eigenvalue weighted by molar-refractivity contribution is -0.263. The molecule has 0 saturated carbocycles. The quantitative estimate of drug-likeness (QED) is 0.558. The van der Waals surface area contributed by atoms with Gasteiger partial charge in [0.1, 0.15) is 5.82 Å². The van der Waals surface area contributed by atoms with E-state index in [2.05, 4.69) is 9.97 Å². The van der Waals surface area contributed by atoms with E-state index in [0.717, 1.165) is 6.07 Å². The van der Waals surface area contributed by atoms with E-state index >= 15 is 0 Å². The number of carbonyl (C=O) groups excluding carboxylic acids is 1. The van der Waals surface area contributed by atoms with Crippen LogP contribution in [0.4, 0.5) is 17.6 Å². The summed E-state index contributed by atoms with van der Waals surface area (Å²) in [6.07, 6.45) is -2.31. The van der Waals surface area contributed by atoms with E-state index in [1.165, 1.54) is 34.0 Å². The van der Waals surface area contributed by atoms with Gasteiger partial charge in [-0.15, -0.1) is 0 Å². The number of aromatic nitrogens is 3. The van der Waals surface area contributed by atoms with Crippen LogP contribution in [0.3, 0.4) is 0 Å². The lowest BCUT2D eigenvalue weighted by Crippen LogP contribution is -2.45. The molecule has 1 amide bonds. The maximum atomic E-state index is 13.5. The molecule has 2 atom stereocenters. The van der Waals surface area contributed by atoms with Gasteiger partial charge in [0.05, 0.1) is 47.4 Å². The Kier molecular flexibility index (Phi) is 5.89. The number of carbonyl (C=O) groups is 1. The molecule has 3 aromatic rings. The van der Waals surface area contributed by atoms with Crippen molar-refractivity contribution >= 4 is 5.91 Å². The van der Waals surface area contributed by atoms with E-state index in [9.17, 15) is 32.7 Å². The smallest absolute Gasteiger partial charge is 0.374 e. The molecule has 35 heavy (non-hydrogen) atoms. The number of alkyl halides is 3. The van der Waals surface area contributed by atoms with Crippen LogP contribution in [0.1, 0.15) is 52.9 Å². The SMILES string of the molecule is Cc1cc(-c2ccc(F)cc2C#N)ncc1C(=O)N1Cc2cnc([C@@](C)(O)C(F)(F)F)n2[C@@H](C)C1. The molecule has 3 heterocycles. The van der Waals surface area contributed by atoms with Gasteiger partial charge in [-0.2, -0.15) is 18.4 Å². The van der Waals surface area contributed by atoms with Gasteiger partial charge in [-0.25, -0.2) is 9.37 Å². The van der Waals surface area contributed by atoms with Crippen LogP contribution >= 0.6 is 0 Å². The Morgan fingerprint density at radius 2 is 1.94 bits per heavy atom. The lowest BCUT2D eigenvalue weighted by Gasteiger charge is -2.36. The second-order valence-electron chi connectivity index (χ2n) is 8.73. The summed E-state index contributed by atoms with van der Waals surface area (Å²) in [4.78, 5) is 22.9. The fourth-order valence-corrected chi connectivity index (χ4v) is 4.24. The van der Waals surface area contributed by atoms with E-state index in [0.29, 0.717) is 29.4 Å². The van der Waals surface area contributed by atoms with Gasteiger partial charge in [-0.1, -0.05) is 0 Å². The molecule has 7 nitrogen and oxygen atoms in total. The van der Waals surface area contributed by atoms with Gasteiger partial charge >= 0.3 is 6.18 Å². The van der Waals surface area contributed by atoms with Crippen LogP contribution in [0, 0.1) is 24.1 Å². The van der Waals surface area contributed by atoms with Crippen LogP contribution < -0.4 is 0 Å². The van der Waals surface area contributed by atoms with E-state index in [-0.39, 0.29) is 30.1 Å². The van der Waals surface area contributed by atoms with Crippen LogP contribution in [0.5, 0.6) is 0 Å². The Bertz CT molecular complexity index is 1360. The number of hydrogen-bond acceptors (Lipinski definition) is 5. The largest absolute Gasteiger partial charge is 0.424 e. The number of imidazole rings is 1. The van der Waals surface area contributed by atoms with Crippen molar-refractivity contribution in [1.29, 1.82) is 5.26 Å². The molecule has 0 aliphatic carbocycles. The average molecular weight is 487 g/mol. The monoisotopic (exact) mass is 487 g/mol. The lowest BCUT2D eigenvalue weighted by atomic mass is 10.0. The maximum Gasteiger partial charge on any atom is 0.424 e. The first-order valence-corrected chi connectivity index (χ1v) is 10.7. The minimum Gasteiger partial charge on any atom is -0.374 e. The Morgan fingerprint density at radius 3 is 2.57 bits per heavy atom. The molecular formula is C24H21F4N5O2. The number of halogens is 4. The zero-order valence-electron chi connectivity index (χ0n) is 19.1. The third kappa shape index (κ3) is 4.14. The number of aliphatic hydroxyl groups is 1. The van der Waals surface area contributed by atoms with Gasteiger partial charge in [-0.3, -0.25) is 9.78 Å². The third-order valence-electron chi connectivity index (χ3n) is 6.15. The summed E-state index contributed by atoms with van der Waals surface area (Å²) in [5, 5.41) is 19.4. The number of benzene rings is 1. The van der Waals surface area contributed by atoms with E-state index in [4.69, 9.17) is 0 Å². The molecule has 2 aromatic heterocycles. The second-order valence-corrected chi connectivity index (χ2v) is 8.73. The van der Waals surface area contributed by atoms with E-state index < -0.39 is 29.5 Å². The number of hydrogen-bond donors (Lipinski definition) is 1. The fraction of sp³-hybridized carbons (Fsp3) is 0.333. The van der Waals surface area contributed by atoms with Crippen LogP contribution in [0.25, 0.3) is 11.3 Å². The van der Waals surface area contributed by atoms with Crippen molar-refractivity contribution in [2.75, 3.05) is 6.54 Å². The first-order valence-electron chi connectivity index (χ1n) is 10.7. The minimum atomic E-state index is -4.91. The summed E-state index contributed by atoms with van der Waals surface area (Å²) in [6, 6.07) is 6.75. The maximum absolute atomic E-state index is 13.5. The highest BCUT2D eigenvalue weighted by atomic mass is 19.4. The molecule has 0 unspecified atom stereocenters. The number of nitriles is 1. The number of pyridine rings is 1. The Morgan fingerprint density at radius 1 is 1.23 bits per heavy atom. The van der Waals surface area contributed by atoms with Crippen molar-refractivity contribution in [2.45, 2.75) is 45.1 Å². The summed E-state index contributed by atoms with van der Waals surface area (Å²) >= 11 is 0. The molecule has 0 saturated heterocycles. The van der Waals surface area contributed by atoms with Gasteiger partial charge in [0.15, 0.2) is 5.82 Å². The number of rotatable bonds is 3. The van der Waals surface area contributed by atoms with Crippen molar-refractivity contribution in [1.82, 2.24) is 19.4 Å². The molecule has 0 fully saturated rings. The molecule has 1 aromatic carbocycles. The minimum absolute atomic E-state index is 0.00183. The molecule has 4 rings (SSSR count). The first-order chi connectivity index (χ1) is 16.3. The third-order valence-corrected chi connectivity index (χ3v) is 6.15. The zero-order valence-corrected chi connectivity index (χ0v) is 19.1. The molecule has 1 aliphatic heterocycles. The summed E-state index contributed by atoms with van der Waals surface area (Å²) in [5.41, 5.74) is -0.971. The predicted octanol–water partition coefficient (Wildman–Crippen LogP) is 4.25. The zero-order chi connectivity index (χ0) is 25.7. The highest BCUT2D eigenvalue weighted by molar-refractivity contribution is 5.95. The molecule has 0 bridgehead atoms. The Hall–Kier alpha value is -3.78. The molecule has 0 radical (unpaired) electrons. The Labute approximate surface area is 198 Å². The molecule has 182 valence electrons. The van der Waals surface area contributed by atoms with Crippen molar-refractivity contribution in [3.8, 4) is 17.3 Å². The van der Waals surface area contributed by atoms with Crippen molar-refractivity contribution in [3.05, 3.63) is 70.7 Å². The second kappa shape index (κ2) is 8.46. The number of fused-ring (bicyclic) bond motifs is 1. The van der Waals surface area contributed by atoms with Gasteiger partial charge in [0, 0.05) is 18.3 Å². The topological polar surface area (TPSA) is 95.0 Å². The van der Waals surface area contributed by atoms with Crippen molar-refractivity contribution in [2.24, 2.45) is 0 Å². The molecule has 11 heteroatoms. The predicted molar refractivity (Wildman–Crippen MR) is 116 cm³/mol. The molecule has 1 N–H and O–H groups in total. The number of amides is 1. The molecule has 0 spiro atoms. The molecule has 1 aliphatic rings. The van der Waals surface area contributed by atoms with Gasteiger partial charge in [-0.05, 0) is 50.6 Å². The summed E-state index contributed by atoms with van der Waals surface area (Å²) in [6.45, 7) is 4.10. The number of nitrogens with zero attached hydrogens (tertiary/aromatic N) is 5. The van der Waals surface area contributed by atoms with E-state index in [1.807, 2.05) is 6.07 Å². The van der Waals surface area contributed by atoms with Gasteiger partial charge in [0.25, 0.3) is 5.91 Å². The Balaban J connectivity index is 1.62. The van der Waals surface area contributed by atoms with Crippen LogP contribution in [0.15, 0.2) is 36.7 Å². The van der Waals surface area contributed by atoms with Crippen LogP contribution in [0.2, 0.25) is 0 Å². The first kappa shape index (κ1) is 24.3. The van der Waals surface area contributed by atoms with Crippen LogP contribution in [-0.4, -0.2) is 43.2 Å². The highest BCUT2D eigenvalue weighted by Crippen LogP contribution is 2.40. The van der Waals surface area contributed by atoms with E-state index in [1.54, 1.807) is 19.9 Å². The highest BCUT2D eigenvalue weighted by Gasteiger charge is 2.55. The van der Waals surface area contributed by atoms with Gasteiger partial charge in [0.2, 0.25) is 5.60 Å². The number of aryl methyl sites for hydroxylation is 1. The standard InChI is InChI=1S/C24H21F4N5O2/c1-13-6-20(18-5-4-16(25)7-15(18)8-29)30-10-19(13)21(34)32-11-14(2)33-17(12-32)9-31-22(33)23(3,35)24(26,27)28/h4-7,9-10,14,35H,11-12H2,1-3H3/t14-,23+/m0/s1. The fourth-order valence-electron chi connectivity index (χ4n) is 4.24. The van der Waals surface area contributed by atoms with Gasteiger partial charge < -0.3 is 14.6 Å². The normalized spacial score (nSPS) is 17.5. The van der Waals surface area contributed by atoms with Crippen LogP contribution in [-0.2, 0) is 12.1 Å². The summed E-state index contributed by atoms with van der Waals surface area (Å²) in [5.74, 6) is -1.44. The van der Waals surface area contributed by atoms with Crippen molar-refractivity contribution < 1.29 is 27.5 Å². The average Bonchev–Trinajstić information content (AvgIpc) is 3.23. The van der Waals surface area contributed by atoms with Crippen molar-refractivity contribution in [3.63, 3.8) is 0 Å².